The second kappa shape index (κ2) is 29.1. The van der Waals surface area contributed by atoms with Crippen LogP contribution in [0, 0.1) is 0 Å². The van der Waals surface area contributed by atoms with Crippen molar-refractivity contribution in [1.29, 1.82) is 0 Å². The molecule has 1 rings (SSSR count). The molecule has 0 aromatic heterocycles. The maximum Gasteiger partial charge on any atom is 0.119 e. The molecule has 0 fully saturated rings. The molecule has 0 aliphatic rings. The van der Waals surface area contributed by atoms with Crippen LogP contribution in [-0.2, 0) is 30.1 Å². The van der Waals surface area contributed by atoms with Crippen LogP contribution in [0.4, 0.5) is 0 Å². The van der Waals surface area contributed by atoms with E-state index in [9.17, 15) is 0 Å². The molecule has 0 bridgehead atoms. The highest BCUT2D eigenvalue weighted by atomic mass is 35.5. The van der Waals surface area contributed by atoms with Gasteiger partial charge in [-0.1, -0.05) is 70.4 Å². The Morgan fingerprint density at radius 3 is 1.47 bits per heavy atom. The van der Waals surface area contributed by atoms with Gasteiger partial charge in [-0.25, -0.2) is 0 Å². The smallest absolute Gasteiger partial charge is 0.119 e. The zero-order valence-electron chi connectivity index (χ0n) is 24.1. The van der Waals surface area contributed by atoms with E-state index in [4.69, 9.17) is 40.0 Å². The van der Waals surface area contributed by atoms with Gasteiger partial charge >= 0.3 is 0 Å². The van der Waals surface area contributed by atoms with Gasteiger partial charge in [0, 0.05) is 12.5 Å². The van der Waals surface area contributed by atoms with E-state index in [-0.39, 0.29) is 0 Å². The first kappa shape index (κ1) is 35.1. The van der Waals surface area contributed by atoms with Crippen LogP contribution >= 0.6 is 11.6 Å². The van der Waals surface area contributed by atoms with Gasteiger partial charge in [-0.3, -0.25) is 0 Å². The first-order valence-electron chi connectivity index (χ1n) is 15.0. The Balaban J connectivity index is 1.78. The Labute approximate surface area is 238 Å². The van der Waals surface area contributed by atoms with Crippen molar-refractivity contribution in [2.24, 2.45) is 0 Å². The Bertz CT molecular complexity index is 586. The van der Waals surface area contributed by atoms with Crippen molar-refractivity contribution in [3.05, 3.63) is 29.8 Å². The Kier molecular flexibility index (Phi) is 26.9. The molecule has 0 atom stereocenters. The summed E-state index contributed by atoms with van der Waals surface area (Å²) >= 11 is 5.65. The minimum atomic E-state index is 0.541. The molecular formula is C31H55ClO6. The molecule has 0 amide bonds. The minimum absolute atomic E-state index is 0.541. The molecule has 0 spiro atoms. The van der Waals surface area contributed by atoms with Crippen molar-refractivity contribution >= 4 is 11.6 Å². The Hall–Kier alpha value is -0.890. The largest absolute Gasteiger partial charge is 0.491 e. The number of benzene rings is 1. The van der Waals surface area contributed by atoms with Crippen LogP contribution in [0.15, 0.2) is 24.3 Å². The van der Waals surface area contributed by atoms with E-state index < -0.39 is 0 Å². The van der Waals surface area contributed by atoms with E-state index in [0.29, 0.717) is 66.1 Å². The number of halogens is 1. The normalized spacial score (nSPS) is 11.3. The molecule has 0 saturated carbocycles. The van der Waals surface area contributed by atoms with Gasteiger partial charge in [0.15, 0.2) is 0 Å². The molecule has 0 aliphatic carbocycles. The third-order valence-corrected chi connectivity index (χ3v) is 6.42. The Morgan fingerprint density at radius 2 is 0.921 bits per heavy atom. The number of hydrogen-bond acceptors (Lipinski definition) is 6. The summed E-state index contributed by atoms with van der Waals surface area (Å²) < 4.78 is 33.4. The molecule has 0 aliphatic heterocycles. The summed E-state index contributed by atoms with van der Waals surface area (Å²) in [5.41, 5.74) is 1.39. The summed E-state index contributed by atoms with van der Waals surface area (Å²) in [5.74, 6) is 1.65. The molecule has 0 saturated heterocycles. The highest BCUT2D eigenvalue weighted by molar-refractivity contribution is 6.17. The number of aryl methyl sites for hydroxylation is 1. The van der Waals surface area contributed by atoms with Gasteiger partial charge in [0.25, 0.3) is 0 Å². The fraction of sp³-hybridized carbons (Fsp3) is 0.806. The lowest BCUT2D eigenvalue weighted by atomic mass is 10.0. The second-order valence-electron chi connectivity index (χ2n) is 9.53. The predicted molar refractivity (Wildman–Crippen MR) is 157 cm³/mol. The quantitative estimate of drug-likeness (QED) is 0.0732. The van der Waals surface area contributed by atoms with E-state index in [2.05, 4.69) is 31.2 Å². The molecule has 0 N–H and O–H groups in total. The maximum absolute atomic E-state index is 5.77. The summed E-state index contributed by atoms with van der Waals surface area (Å²) in [5, 5.41) is 0. The molecule has 38 heavy (non-hydrogen) atoms. The van der Waals surface area contributed by atoms with E-state index in [1.165, 1.54) is 63.4 Å². The fourth-order valence-corrected chi connectivity index (χ4v) is 4.08. The Morgan fingerprint density at radius 1 is 0.474 bits per heavy atom. The lowest BCUT2D eigenvalue weighted by Gasteiger charge is -2.09. The fourth-order valence-electron chi connectivity index (χ4n) is 3.89. The molecule has 0 radical (unpaired) electrons. The van der Waals surface area contributed by atoms with Gasteiger partial charge in [0.05, 0.1) is 59.5 Å². The zero-order chi connectivity index (χ0) is 27.2. The first-order valence-corrected chi connectivity index (χ1v) is 15.6. The second-order valence-corrected chi connectivity index (χ2v) is 9.91. The minimum Gasteiger partial charge on any atom is -0.491 e. The van der Waals surface area contributed by atoms with E-state index in [1.54, 1.807) is 0 Å². The molecule has 0 unspecified atom stereocenters. The van der Waals surface area contributed by atoms with Crippen LogP contribution in [-0.4, -0.2) is 78.6 Å². The third-order valence-electron chi connectivity index (χ3n) is 6.15. The number of rotatable bonds is 30. The topological polar surface area (TPSA) is 55.4 Å². The molecular weight excluding hydrogens is 504 g/mol. The van der Waals surface area contributed by atoms with Crippen molar-refractivity contribution in [1.82, 2.24) is 0 Å². The van der Waals surface area contributed by atoms with E-state index in [0.717, 1.165) is 37.5 Å². The lowest BCUT2D eigenvalue weighted by molar-refractivity contribution is -0.0128. The van der Waals surface area contributed by atoms with Gasteiger partial charge < -0.3 is 28.4 Å². The maximum atomic E-state index is 5.77. The van der Waals surface area contributed by atoms with Crippen LogP contribution in [0.2, 0.25) is 0 Å². The molecule has 0 heterocycles. The van der Waals surface area contributed by atoms with Gasteiger partial charge in [0.1, 0.15) is 12.4 Å². The van der Waals surface area contributed by atoms with Gasteiger partial charge in [-0.15, -0.1) is 11.6 Å². The van der Waals surface area contributed by atoms with Crippen LogP contribution in [0.3, 0.4) is 0 Å². The van der Waals surface area contributed by atoms with Gasteiger partial charge in [-0.05, 0) is 43.4 Å². The first-order chi connectivity index (χ1) is 18.9. The molecule has 1 aromatic carbocycles. The highest BCUT2D eigenvalue weighted by Gasteiger charge is 1.98. The summed E-state index contributed by atoms with van der Waals surface area (Å²) in [6.45, 7) is 8.74. The summed E-state index contributed by atoms with van der Waals surface area (Å²) in [6, 6.07) is 8.48. The predicted octanol–water partition coefficient (Wildman–Crippen LogP) is 7.24. The lowest BCUT2D eigenvalue weighted by Crippen LogP contribution is -2.14. The molecule has 6 nitrogen and oxygen atoms in total. The average molecular weight is 559 g/mol. The zero-order valence-corrected chi connectivity index (χ0v) is 24.9. The monoisotopic (exact) mass is 558 g/mol. The molecule has 222 valence electrons. The van der Waals surface area contributed by atoms with E-state index in [1.807, 2.05) is 0 Å². The number of ether oxygens (including phenoxy) is 6. The van der Waals surface area contributed by atoms with Crippen LogP contribution in [0.5, 0.6) is 5.75 Å². The van der Waals surface area contributed by atoms with Crippen molar-refractivity contribution < 1.29 is 28.4 Å². The summed E-state index contributed by atoms with van der Waals surface area (Å²) in [7, 11) is 0. The summed E-state index contributed by atoms with van der Waals surface area (Å²) in [4.78, 5) is 0. The van der Waals surface area contributed by atoms with Crippen molar-refractivity contribution in [2.45, 2.75) is 84.0 Å². The van der Waals surface area contributed by atoms with Crippen LogP contribution < -0.4 is 4.74 Å². The van der Waals surface area contributed by atoms with Gasteiger partial charge in [-0.2, -0.15) is 0 Å². The van der Waals surface area contributed by atoms with Gasteiger partial charge in [0.2, 0.25) is 0 Å². The molecule has 1 aromatic rings. The number of hydrogen-bond donors (Lipinski definition) is 0. The van der Waals surface area contributed by atoms with Crippen molar-refractivity contribution in [2.75, 3.05) is 78.6 Å². The van der Waals surface area contributed by atoms with Crippen molar-refractivity contribution in [3.63, 3.8) is 0 Å². The van der Waals surface area contributed by atoms with Crippen molar-refractivity contribution in [3.8, 4) is 5.75 Å². The highest BCUT2D eigenvalue weighted by Crippen LogP contribution is 2.15. The third kappa shape index (κ3) is 24.2. The SMILES string of the molecule is CCCCCCCCCc1ccc(OCCOCCOCCOCCOCCOCCCCCCCl)cc1. The number of alkyl halides is 1. The van der Waals surface area contributed by atoms with E-state index >= 15 is 0 Å². The number of unbranched alkanes of at least 4 members (excludes halogenated alkanes) is 9. The standard InChI is InChI=1S/C31H55ClO6/c1-2-3-4-5-6-7-10-13-30-14-16-31(17-15-30)38-29-28-37-27-26-36-25-24-35-23-22-34-21-20-33-19-12-9-8-11-18-32/h14-17H,2-13,18-29H2,1H3. The van der Waals surface area contributed by atoms with Crippen LogP contribution in [0.1, 0.15) is 83.1 Å². The van der Waals surface area contributed by atoms with Crippen LogP contribution in [0.25, 0.3) is 0 Å². The average Bonchev–Trinajstić information content (AvgIpc) is 2.94. The molecule has 7 heteroatoms. The summed E-state index contributed by atoms with van der Waals surface area (Å²) in [6.07, 6.45) is 15.1.